The molecule has 3 nitrogen and oxygen atoms in total. The van der Waals surface area contributed by atoms with Gasteiger partial charge in [-0.2, -0.15) is 0 Å². The molecule has 0 spiro atoms. The van der Waals surface area contributed by atoms with Gasteiger partial charge >= 0.3 is 5.50 Å². The maximum atomic E-state index is 10.1. The third kappa shape index (κ3) is 3.54. The summed E-state index contributed by atoms with van der Waals surface area (Å²) in [5.74, 6) is 0. The molecule has 0 fully saturated rings. The first-order valence-corrected chi connectivity index (χ1v) is 4.51. The van der Waals surface area contributed by atoms with Crippen LogP contribution in [-0.4, -0.2) is 15.8 Å². The van der Waals surface area contributed by atoms with Crippen LogP contribution in [0, 0.1) is 10.1 Å². The summed E-state index contributed by atoms with van der Waals surface area (Å²) >= 11 is 26.5. The molecule has 0 heterocycles. The molecule has 0 bridgehead atoms. The molecule has 2 atom stereocenters. The van der Waals surface area contributed by atoms with Crippen LogP contribution in [-0.2, 0) is 0 Å². The van der Waals surface area contributed by atoms with E-state index in [0.29, 0.717) is 0 Å². The van der Waals surface area contributed by atoms with Gasteiger partial charge in [-0.1, -0.05) is 34.8 Å². The van der Waals surface area contributed by atoms with Crippen molar-refractivity contribution < 1.29 is 4.92 Å². The normalized spacial score (nSPS) is 15.1. The number of alkyl halides is 2. The number of rotatable bonds is 3. The lowest BCUT2D eigenvalue weighted by Gasteiger charge is -2.07. The van der Waals surface area contributed by atoms with E-state index >= 15 is 0 Å². The van der Waals surface area contributed by atoms with Gasteiger partial charge in [0.15, 0.2) is 5.38 Å². The van der Waals surface area contributed by atoms with Crippen molar-refractivity contribution >= 4 is 58.0 Å². The number of hydrogen-bond donors (Lipinski definition) is 0. The number of hydrogen-bond acceptors (Lipinski definition) is 2. The highest BCUT2D eigenvalue weighted by Crippen LogP contribution is 2.28. The van der Waals surface area contributed by atoms with Gasteiger partial charge in [0.2, 0.25) is 0 Å². The van der Waals surface area contributed by atoms with E-state index in [9.17, 15) is 10.1 Å². The summed E-state index contributed by atoms with van der Waals surface area (Å²) in [6.07, 6.45) is 0. The van der Waals surface area contributed by atoms with Gasteiger partial charge in [0.1, 0.15) is 4.49 Å². The van der Waals surface area contributed by atoms with Gasteiger partial charge in [-0.15, -0.1) is 11.6 Å². The second-order valence-corrected chi connectivity index (χ2v) is 3.94. The van der Waals surface area contributed by atoms with Crippen LogP contribution in [0.25, 0.3) is 0 Å². The van der Waals surface area contributed by atoms with E-state index in [2.05, 4.69) is 0 Å². The third-order valence-electron chi connectivity index (χ3n) is 0.866. The van der Waals surface area contributed by atoms with Gasteiger partial charge in [0, 0.05) is 4.92 Å². The first-order chi connectivity index (χ1) is 5.37. The molecule has 0 aromatic heterocycles. The van der Waals surface area contributed by atoms with E-state index in [1.165, 1.54) is 0 Å². The predicted molar refractivity (Wildman–Crippen MR) is 50.9 cm³/mol. The van der Waals surface area contributed by atoms with Crippen molar-refractivity contribution in [2.24, 2.45) is 0 Å². The molecule has 70 valence electrons. The highest BCUT2D eigenvalue weighted by Gasteiger charge is 2.31. The van der Waals surface area contributed by atoms with Gasteiger partial charge in [-0.25, -0.2) is 0 Å². The Morgan fingerprint density at radius 3 is 1.92 bits per heavy atom. The van der Waals surface area contributed by atoms with Crippen LogP contribution >= 0.6 is 58.0 Å². The minimum Gasteiger partial charge on any atom is -0.263 e. The molecule has 0 amide bonds. The molecule has 0 aromatic carbocycles. The number of nitrogens with zero attached hydrogens (tertiary/aromatic N) is 1. The Labute approximate surface area is 93.3 Å². The van der Waals surface area contributed by atoms with Gasteiger partial charge in [-0.05, 0) is 11.6 Å². The molecular weight excluding hydrogens is 271 g/mol. The van der Waals surface area contributed by atoms with E-state index in [-0.39, 0.29) is 9.52 Å². The van der Waals surface area contributed by atoms with Crippen molar-refractivity contribution in [3.63, 3.8) is 0 Å². The second kappa shape index (κ2) is 5.35. The molecule has 0 saturated carbocycles. The van der Waals surface area contributed by atoms with Crippen LogP contribution in [0.1, 0.15) is 0 Å². The molecule has 0 radical (unpaired) electrons. The van der Waals surface area contributed by atoms with E-state index in [4.69, 9.17) is 58.0 Å². The molecule has 0 N–H and O–H groups in total. The first-order valence-electron chi connectivity index (χ1n) is 2.50. The summed E-state index contributed by atoms with van der Waals surface area (Å²) in [5, 5.41) is 8.62. The molecule has 0 aromatic rings. The average molecular weight is 273 g/mol. The van der Waals surface area contributed by atoms with Crippen molar-refractivity contribution in [3.8, 4) is 0 Å². The SMILES string of the molecule is O=[N+]([O-])C(Cl)C(Cl)C(Cl)=C(Cl)Cl. The van der Waals surface area contributed by atoms with Crippen molar-refractivity contribution in [3.05, 3.63) is 19.6 Å². The van der Waals surface area contributed by atoms with E-state index in [0.717, 1.165) is 0 Å². The zero-order valence-electron chi connectivity index (χ0n) is 5.31. The molecular formula is C4H2Cl5NO2. The van der Waals surface area contributed by atoms with Crippen molar-refractivity contribution in [1.29, 1.82) is 0 Å². The van der Waals surface area contributed by atoms with E-state index in [1.807, 2.05) is 0 Å². The maximum Gasteiger partial charge on any atom is 0.307 e. The third-order valence-corrected chi connectivity index (χ3v) is 3.00. The maximum absolute atomic E-state index is 10.1. The molecule has 0 saturated heterocycles. The lowest BCUT2D eigenvalue weighted by Crippen LogP contribution is -2.24. The zero-order valence-corrected chi connectivity index (χ0v) is 9.09. The van der Waals surface area contributed by atoms with Gasteiger partial charge in [-0.3, -0.25) is 10.1 Å². The Kier molecular flexibility index (Phi) is 5.61. The minimum atomic E-state index is -1.55. The van der Waals surface area contributed by atoms with Crippen LogP contribution in [0.4, 0.5) is 0 Å². The highest BCUT2D eigenvalue weighted by molar-refractivity contribution is 6.60. The van der Waals surface area contributed by atoms with Gasteiger partial charge in [0.25, 0.3) is 0 Å². The fraction of sp³-hybridized carbons (Fsp3) is 0.500. The van der Waals surface area contributed by atoms with Crippen LogP contribution in [0.2, 0.25) is 0 Å². The molecule has 2 unspecified atom stereocenters. The van der Waals surface area contributed by atoms with Gasteiger partial charge in [0.05, 0.1) is 5.03 Å². The van der Waals surface area contributed by atoms with Crippen molar-refractivity contribution in [1.82, 2.24) is 0 Å². The largest absolute Gasteiger partial charge is 0.307 e. The quantitative estimate of drug-likeness (QED) is 0.342. The van der Waals surface area contributed by atoms with Crippen molar-refractivity contribution in [2.45, 2.75) is 10.9 Å². The van der Waals surface area contributed by atoms with E-state index in [1.54, 1.807) is 0 Å². The Balaban J connectivity index is 4.50. The lowest BCUT2D eigenvalue weighted by molar-refractivity contribution is -0.496. The summed E-state index contributed by atoms with van der Waals surface area (Å²) < 4.78 is -0.329. The number of halogens is 5. The highest BCUT2D eigenvalue weighted by atomic mass is 35.5. The van der Waals surface area contributed by atoms with Gasteiger partial charge < -0.3 is 0 Å². The first kappa shape index (κ1) is 12.6. The van der Waals surface area contributed by atoms with Crippen LogP contribution in [0.15, 0.2) is 9.52 Å². The summed E-state index contributed by atoms with van der Waals surface area (Å²) in [4.78, 5) is 9.30. The van der Waals surface area contributed by atoms with E-state index < -0.39 is 15.8 Å². The summed E-state index contributed by atoms with van der Waals surface area (Å²) in [6, 6.07) is 0. The Morgan fingerprint density at radius 1 is 1.25 bits per heavy atom. The van der Waals surface area contributed by atoms with Crippen molar-refractivity contribution in [2.75, 3.05) is 0 Å². The fourth-order valence-electron chi connectivity index (χ4n) is 0.332. The topological polar surface area (TPSA) is 43.1 Å². The Hall–Kier alpha value is 0.590. The molecule has 0 aliphatic heterocycles. The smallest absolute Gasteiger partial charge is 0.263 e. The molecule has 0 rings (SSSR count). The lowest BCUT2D eigenvalue weighted by atomic mass is 10.4. The molecule has 8 heteroatoms. The summed E-state index contributed by atoms with van der Waals surface area (Å²) in [5.41, 5.74) is -1.55. The summed E-state index contributed by atoms with van der Waals surface area (Å²) in [6.45, 7) is 0. The predicted octanol–water partition coefficient (Wildman–Crippen LogP) is 3.32. The number of nitro groups is 1. The van der Waals surface area contributed by atoms with Crippen LogP contribution < -0.4 is 0 Å². The average Bonchev–Trinajstić information content (AvgIpc) is 2.00. The minimum absolute atomic E-state index is 0.239. The fourth-order valence-corrected chi connectivity index (χ4v) is 1.19. The monoisotopic (exact) mass is 271 g/mol. The Morgan fingerprint density at radius 2 is 1.67 bits per heavy atom. The molecule has 0 aliphatic carbocycles. The summed E-state index contributed by atoms with van der Waals surface area (Å²) in [7, 11) is 0. The molecule has 12 heavy (non-hydrogen) atoms. The van der Waals surface area contributed by atoms with Crippen LogP contribution in [0.5, 0.6) is 0 Å². The standard InChI is InChI=1S/C4H2Cl5NO2/c5-1(3(7)8)2(6)4(9)10(11)12/h2,4H. The van der Waals surface area contributed by atoms with Crippen LogP contribution in [0.3, 0.4) is 0 Å². The zero-order chi connectivity index (χ0) is 9.89. The molecule has 0 aliphatic rings. The second-order valence-electron chi connectivity index (χ2n) is 1.67. The Bertz CT molecular complexity index is 213.